The van der Waals surface area contributed by atoms with Crippen molar-refractivity contribution in [2.75, 3.05) is 11.6 Å². The van der Waals surface area contributed by atoms with Gasteiger partial charge in [-0.15, -0.1) is 11.8 Å². The van der Waals surface area contributed by atoms with E-state index >= 15 is 0 Å². The minimum absolute atomic E-state index is 0.246. The summed E-state index contributed by atoms with van der Waals surface area (Å²) in [4.78, 5) is 28.6. The molecule has 1 aromatic heterocycles. The highest BCUT2D eigenvalue weighted by atomic mass is 35.5. The second-order valence-corrected chi connectivity index (χ2v) is 5.34. The smallest absolute Gasteiger partial charge is 0.327 e. The molecule has 1 unspecified atom stereocenters. The molecule has 5 nitrogen and oxygen atoms in total. The summed E-state index contributed by atoms with van der Waals surface area (Å²) in [7, 11) is 0. The normalized spacial score (nSPS) is 19.0. The van der Waals surface area contributed by atoms with Gasteiger partial charge in [-0.1, -0.05) is 11.6 Å². The van der Waals surface area contributed by atoms with Crippen LogP contribution in [0.5, 0.6) is 0 Å². The Morgan fingerprint density at radius 3 is 2.94 bits per heavy atom. The van der Waals surface area contributed by atoms with E-state index in [1.165, 1.54) is 22.9 Å². The Hall–Kier alpha value is -1.27. The van der Waals surface area contributed by atoms with Gasteiger partial charge in [0.2, 0.25) is 0 Å². The van der Waals surface area contributed by atoms with Gasteiger partial charge in [0.25, 0.3) is 5.91 Å². The van der Waals surface area contributed by atoms with E-state index in [4.69, 9.17) is 16.7 Å². The van der Waals surface area contributed by atoms with Crippen molar-refractivity contribution in [2.24, 2.45) is 0 Å². The molecule has 1 amide bonds. The van der Waals surface area contributed by atoms with Crippen LogP contribution < -0.4 is 0 Å². The molecule has 2 rings (SSSR count). The van der Waals surface area contributed by atoms with Crippen molar-refractivity contribution >= 4 is 35.2 Å². The lowest BCUT2D eigenvalue weighted by Gasteiger charge is -2.20. The molecule has 0 aromatic carbocycles. The number of aliphatic carboxylic acids is 1. The summed E-state index contributed by atoms with van der Waals surface area (Å²) in [6.45, 7) is 1.77. The Morgan fingerprint density at radius 2 is 2.33 bits per heavy atom. The zero-order valence-electron chi connectivity index (χ0n) is 9.59. The van der Waals surface area contributed by atoms with E-state index in [0.717, 1.165) is 0 Å². The summed E-state index contributed by atoms with van der Waals surface area (Å²) in [5, 5.41) is 9.34. The average molecular weight is 287 g/mol. The lowest BCUT2D eigenvalue weighted by atomic mass is 10.2. The number of nitrogens with zero attached hydrogens (tertiary/aromatic N) is 2. The largest absolute Gasteiger partial charge is 0.480 e. The molecule has 1 atom stereocenters. The molecule has 18 heavy (non-hydrogen) atoms. The second kappa shape index (κ2) is 5.16. The van der Waals surface area contributed by atoms with Crippen molar-refractivity contribution in [1.82, 2.24) is 9.88 Å². The van der Waals surface area contributed by atoms with E-state index in [9.17, 15) is 9.59 Å². The fraction of sp³-hybridized carbons (Fsp3) is 0.364. The fourth-order valence-corrected chi connectivity index (χ4v) is 3.12. The Balaban J connectivity index is 2.28. The van der Waals surface area contributed by atoms with Crippen LogP contribution in [0.2, 0.25) is 5.02 Å². The summed E-state index contributed by atoms with van der Waals surface area (Å²) in [6, 6.07) is 0.799. The van der Waals surface area contributed by atoms with Crippen molar-refractivity contribution in [2.45, 2.75) is 13.0 Å². The minimum atomic E-state index is -0.996. The third-order valence-electron chi connectivity index (χ3n) is 2.65. The third-order valence-corrected chi connectivity index (χ3v) is 3.97. The number of hydrogen-bond donors (Lipinski definition) is 1. The molecule has 1 N–H and O–H groups in total. The van der Waals surface area contributed by atoms with Crippen molar-refractivity contribution in [3.8, 4) is 0 Å². The molecule has 7 heteroatoms. The van der Waals surface area contributed by atoms with E-state index in [2.05, 4.69) is 4.98 Å². The minimum Gasteiger partial charge on any atom is -0.480 e. The predicted molar refractivity (Wildman–Crippen MR) is 68.9 cm³/mol. The van der Waals surface area contributed by atoms with Crippen LogP contribution in [0.1, 0.15) is 16.1 Å². The molecule has 0 saturated carbocycles. The predicted octanol–water partition coefficient (Wildman–Crippen LogP) is 1.64. The number of rotatable bonds is 2. The second-order valence-electron chi connectivity index (χ2n) is 3.93. The van der Waals surface area contributed by atoms with Gasteiger partial charge in [0.15, 0.2) is 0 Å². The molecule has 0 bridgehead atoms. The first-order valence-corrected chi connectivity index (χ1v) is 6.77. The van der Waals surface area contributed by atoms with E-state index in [1.54, 1.807) is 13.0 Å². The molecule has 1 fully saturated rings. The molecular weight excluding hydrogens is 276 g/mol. The lowest BCUT2D eigenvalue weighted by Crippen LogP contribution is -2.41. The first-order chi connectivity index (χ1) is 8.50. The number of carbonyl (C=O) groups is 2. The van der Waals surface area contributed by atoms with E-state index in [-0.39, 0.29) is 11.5 Å². The maximum atomic E-state index is 12.2. The van der Waals surface area contributed by atoms with Crippen LogP contribution in [0, 0.1) is 6.92 Å². The van der Waals surface area contributed by atoms with Crippen molar-refractivity contribution in [3.63, 3.8) is 0 Å². The van der Waals surface area contributed by atoms with Crippen LogP contribution in [0.15, 0.2) is 12.3 Å². The van der Waals surface area contributed by atoms with Gasteiger partial charge < -0.3 is 10.0 Å². The first-order valence-electron chi connectivity index (χ1n) is 5.24. The number of halogens is 1. The summed E-state index contributed by atoms with van der Waals surface area (Å²) in [6.07, 6.45) is 1.39. The number of carboxylic acids is 1. The number of thioether (sulfide) groups is 1. The Bertz CT molecular complexity index is 509. The van der Waals surface area contributed by atoms with Gasteiger partial charge in [-0.05, 0) is 13.0 Å². The number of carboxylic acid groups (broad SMARTS) is 1. The monoisotopic (exact) mass is 286 g/mol. The summed E-state index contributed by atoms with van der Waals surface area (Å²) >= 11 is 7.40. The fourth-order valence-electron chi connectivity index (χ4n) is 1.69. The molecule has 2 heterocycles. The molecule has 96 valence electrons. The maximum Gasteiger partial charge on any atom is 0.327 e. The highest BCUT2D eigenvalue weighted by Crippen LogP contribution is 2.25. The van der Waals surface area contributed by atoms with Gasteiger partial charge in [0.05, 0.1) is 16.5 Å². The van der Waals surface area contributed by atoms with Crippen LogP contribution >= 0.6 is 23.4 Å². The van der Waals surface area contributed by atoms with Crippen LogP contribution in [0.25, 0.3) is 0 Å². The van der Waals surface area contributed by atoms with Crippen LogP contribution in [0.4, 0.5) is 0 Å². The third kappa shape index (κ3) is 2.44. The Labute approximate surface area is 113 Å². The van der Waals surface area contributed by atoms with Gasteiger partial charge in [0, 0.05) is 17.6 Å². The number of amides is 1. The van der Waals surface area contributed by atoms with Gasteiger partial charge >= 0.3 is 5.97 Å². The molecule has 1 aromatic rings. The maximum absolute atomic E-state index is 12.2. The average Bonchev–Trinajstić information content (AvgIpc) is 2.77. The highest BCUT2D eigenvalue weighted by Gasteiger charge is 2.35. The highest BCUT2D eigenvalue weighted by molar-refractivity contribution is 7.99. The Morgan fingerprint density at radius 1 is 1.61 bits per heavy atom. The zero-order valence-corrected chi connectivity index (χ0v) is 11.2. The standard InChI is InChI=1S/C11H11ClN2O3S/c1-6-2-8(12)7(3-13-6)10(15)14-5-18-4-9(14)11(16)17/h2-3,9H,4-5H2,1H3,(H,16,17). The Kier molecular flexibility index (Phi) is 3.77. The van der Waals surface area contributed by atoms with E-state index in [0.29, 0.717) is 22.3 Å². The topological polar surface area (TPSA) is 70.5 Å². The number of aryl methyl sites for hydroxylation is 1. The molecule has 1 aliphatic heterocycles. The number of carbonyl (C=O) groups excluding carboxylic acids is 1. The number of aromatic nitrogens is 1. The van der Waals surface area contributed by atoms with Crippen molar-refractivity contribution in [3.05, 3.63) is 28.5 Å². The summed E-state index contributed by atoms with van der Waals surface area (Å²) in [5.41, 5.74) is 0.957. The molecule has 0 aliphatic carbocycles. The molecular formula is C11H11ClN2O3S. The van der Waals surface area contributed by atoms with E-state index in [1.807, 2.05) is 0 Å². The van der Waals surface area contributed by atoms with Gasteiger partial charge in [-0.3, -0.25) is 9.78 Å². The molecule has 0 spiro atoms. The lowest BCUT2D eigenvalue weighted by molar-refractivity contribution is -0.140. The molecule has 1 saturated heterocycles. The first kappa shape index (κ1) is 13.2. The number of hydrogen-bond acceptors (Lipinski definition) is 4. The summed E-state index contributed by atoms with van der Waals surface area (Å²) in [5.74, 6) is -0.618. The number of pyridine rings is 1. The van der Waals surface area contributed by atoms with Crippen molar-refractivity contribution < 1.29 is 14.7 Å². The molecule has 0 radical (unpaired) electrons. The van der Waals surface area contributed by atoms with Gasteiger partial charge in [0.1, 0.15) is 6.04 Å². The molecule has 1 aliphatic rings. The van der Waals surface area contributed by atoms with E-state index < -0.39 is 12.0 Å². The van der Waals surface area contributed by atoms with Crippen molar-refractivity contribution in [1.29, 1.82) is 0 Å². The van der Waals surface area contributed by atoms with Crippen LogP contribution in [-0.2, 0) is 4.79 Å². The quantitative estimate of drug-likeness (QED) is 0.895. The van der Waals surface area contributed by atoms with Gasteiger partial charge in [-0.25, -0.2) is 4.79 Å². The van der Waals surface area contributed by atoms with Crippen LogP contribution in [-0.4, -0.2) is 44.5 Å². The zero-order chi connectivity index (χ0) is 13.3. The van der Waals surface area contributed by atoms with Crippen LogP contribution in [0.3, 0.4) is 0 Å². The summed E-state index contributed by atoms with van der Waals surface area (Å²) < 4.78 is 0. The van der Waals surface area contributed by atoms with Gasteiger partial charge in [-0.2, -0.15) is 0 Å². The SMILES string of the molecule is Cc1cc(Cl)c(C(=O)N2CSCC2C(=O)O)cn1.